The molecule has 12 heteroatoms. The topological polar surface area (TPSA) is 122 Å². The number of halogens is 1. The Morgan fingerprint density at radius 2 is 1.67 bits per heavy atom. The lowest BCUT2D eigenvalue weighted by molar-refractivity contribution is 0.0535. The molecule has 2 aromatic heterocycles. The molecule has 4 aromatic rings. The highest BCUT2D eigenvalue weighted by Crippen LogP contribution is 2.30. The number of hydrogen-bond acceptors (Lipinski definition) is 7. The Labute approximate surface area is 230 Å². The highest BCUT2D eigenvalue weighted by Gasteiger charge is 2.27. The molecule has 2 aromatic carbocycles. The number of ether oxygens (including phenoxy) is 1. The van der Waals surface area contributed by atoms with E-state index in [0.717, 1.165) is 0 Å². The summed E-state index contributed by atoms with van der Waals surface area (Å²) in [6.07, 6.45) is 4.46. The third-order valence-corrected chi connectivity index (χ3v) is 8.13. The number of nitrogens with one attached hydrogen (secondary N) is 1. The summed E-state index contributed by atoms with van der Waals surface area (Å²) in [7, 11) is -2.61. The monoisotopic (exact) mass is 565 g/mol. The van der Waals surface area contributed by atoms with Crippen molar-refractivity contribution in [3.05, 3.63) is 89.3 Å². The number of methoxy groups -OCH3 is 1. The lowest BCUT2D eigenvalue weighted by Crippen LogP contribution is -2.50. The van der Waals surface area contributed by atoms with Gasteiger partial charge < -0.3 is 14.5 Å². The van der Waals surface area contributed by atoms with E-state index in [9.17, 15) is 18.0 Å². The molecule has 5 rings (SSSR count). The number of fused-ring (bicyclic) bond motifs is 1. The van der Waals surface area contributed by atoms with E-state index >= 15 is 0 Å². The van der Waals surface area contributed by atoms with Gasteiger partial charge in [-0.15, -0.1) is 0 Å². The summed E-state index contributed by atoms with van der Waals surface area (Å²) in [5.74, 6) is -0.275. The smallest absolute Gasteiger partial charge is 0.264 e. The standard InChI is InChI=1S/C27H24ClN5O5S/c1-38-23-16-19(26(34)32-12-14-33(15-13-32)27(35)20-9-11-29-17-21(20)28)7-8-22(23)31-39(36,37)24-6-2-4-18-5-3-10-30-25(18)24/h2-11,16-17,31H,12-15H2,1H3. The average Bonchev–Trinajstić information content (AvgIpc) is 2.96. The van der Waals surface area contributed by atoms with Gasteiger partial charge in [-0.3, -0.25) is 24.3 Å². The van der Waals surface area contributed by atoms with Crippen LogP contribution in [0.5, 0.6) is 5.75 Å². The van der Waals surface area contributed by atoms with Gasteiger partial charge in [0.2, 0.25) is 0 Å². The van der Waals surface area contributed by atoms with E-state index in [0.29, 0.717) is 48.2 Å². The predicted molar refractivity (Wildman–Crippen MR) is 147 cm³/mol. The van der Waals surface area contributed by atoms with Crippen LogP contribution in [0, 0.1) is 0 Å². The number of anilines is 1. The molecule has 0 spiro atoms. The Morgan fingerprint density at radius 3 is 2.38 bits per heavy atom. The van der Waals surface area contributed by atoms with Crippen molar-refractivity contribution in [2.45, 2.75) is 4.90 Å². The number of carbonyl (C=O) groups is 2. The molecule has 1 aliphatic rings. The van der Waals surface area contributed by atoms with Crippen molar-refractivity contribution in [2.24, 2.45) is 0 Å². The molecule has 1 aliphatic heterocycles. The Balaban J connectivity index is 1.30. The van der Waals surface area contributed by atoms with E-state index < -0.39 is 10.0 Å². The highest BCUT2D eigenvalue weighted by molar-refractivity contribution is 7.93. The molecule has 1 saturated heterocycles. The minimum atomic E-state index is -4.01. The quantitative estimate of drug-likeness (QED) is 0.378. The summed E-state index contributed by atoms with van der Waals surface area (Å²) in [6.45, 7) is 1.35. The number of piperazine rings is 1. The fourth-order valence-corrected chi connectivity index (χ4v) is 5.87. The Morgan fingerprint density at radius 1 is 0.949 bits per heavy atom. The Bertz CT molecular complexity index is 1670. The molecule has 0 saturated carbocycles. The molecular formula is C27H24ClN5O5S. The second-order valence-electron chi connectivity index (χ2n) is 8.79. The average molecular weight is 566 g/mol. The lowest BCUT2D eigenvalue weighted by atomic mass is 10.1. The Kier molecular flexibility index (Phi) is 7.36. The van der Waals surface area contributed by atoms with E-state index in [-0.39, 0.29) is 33.2 Å². The van der Waals surface area contributed by atoms with Crippen molar-refractivity contribution < 1.29 is 22.7 Å². The summed E-state index contributed by atoms with van der Waals surface area (Å²) < 4.78 is 34.4. The number of rotatable bonds is 6. The minimum absolute atomic E-state index is 0.0308. The van der Waals surface area contributed by atoms with Crippen LogP contribution in [0.25, 0.3) is 10.9 Å². The second-order valence-corrected chi connectivity index (χ2v) is 10.8. The molecule has 1 fully saturated rings. The molecule has 39 heavy (non-hydrogen) atoms. The van der Waals surface area contributed by atoms with Crippen LogP contribution < -0.4 is 9.46 Å². The number of amides is 2. The fourth-order valence-electron chi connectivity index (χ4n) is 4.42. The van der Waals surface area contributed by atoms with Gasteiger partial charge in [-0.25, -0.2) is 8.42 Å². The second kappa shape index (κ2) is 10.9. The van der Waals surface area contributed by atoms with E-state index in [4.69, 9.17) is 16.3 Å². The highest BCUT2D eigenvalue weighted by atomic mass is 35.5. The molecule has 0 aliphatic carbocycles. The molecule has 200 valence electrons. The van der Waals surface area contributed by atoms with Gasteiger partial charge in [-0.1, -0.05) is 29.8 Å². The molecule has 10 nitrogen and oxygen atoms in total. The molecule has 0 radical (unpaired) electrons. The zero-order valence-electron chi connectivity index (χ0n) is 20.9. The van der Waals surface area contributed by atoms with Crippen molar-refractivity contribution in [1.29, 1.82) is 0 Å². The molecule has 1 N–H and O–H groups in total. The first-order chi connectivity index (χ1) is 18.8. The molecule has 2 amide bonds. The van der Waals surface area contributed by atoms with Crippen LogP contribution in [-0.4, -0.2) is 73.3 Å². The van der Waals surface area contributed by atoms with Gasteiger partial charge in [0.1, 0.15) is 10.6 Å². The minimum Gasteiger partial charge on any atom is -0.495 e. The largest absolute Gasteiger partial charge is 0.495 e. The number of pyridine rings is 2. The van der Waals surface area contributed by atoms with E-state index in [1.165, 1.54) is 43.9 Å². The summed E-state index contributed by atoms with van der Waals surface area (Å²) in [5, 5.41) is 0.972. The van der Waals surface area contributed by atoms with Crippen molar-refractivity contribution in [2.75, 3.05) is 38.0 Å². The number of sulfonamides is 1. The maximum absolute atomic E-state index is 13.2. The predicted octanol–water partition coefficient (Wildman–Crippen LogP) is 3.69. The number of hydrogen-bond donors (Lipinski definition) is 1. The summed E-state index contributed by atoms with van der Waals surface area (Å²) >= 11 is 6.11. The molecule has 3 heterocycles. The first-order valence-corrected chi connectivity index (χ1v) is 13.9. The maximum atomic E-state index is 13.2. The van der Waals surface area contributed by atoms with Gasteiger partial charge >= 0.3 is 0 Å². The maximum Gasteiger partial charge on any atom is 0.264 e. The normalized spacial score (nSPS) is 13.8. The van der Waals surface area contributed by atoms with Crippen molar-refractivity contribution in [3.63, 3.8) is 0 Å². The van der Waals surface area contributed by atoms with Crippen LogP contribution in [0.4, 0.5) is 5.69 Å². The molecule has 0 atom stereocenters. The van der Waals surface area contributed by atoms with Gasteiger partial charge in [0.15, 0.2) is 0 Å². The summed E-state index contributed by atoms with van der Waals surface area (Å²) in [6, 6.07) is 14.5. The number of benzene rings is 2. The van der Waals surface area contributed by atoms with Gasteiger partial charge in [0.05, 0.1) is 28.9 Å². The third kappa shape index (κ3) is 5.36. The van der Waals surface area contributed by atoms with E-state index in [2.05, 4.69) is 14.7 Å². The summed E-state index contributed by atoms with van der Waals surface area (Å²) in [4.78, 5) is 37.5. The van der Waals surface area contributed by atoms with Crippen LogP contribution in [0.15, 0.2) is 78.1 Å². The third-order valence-electron chi connectivity index (χ3n) is 6.43. The van der Waals surface area contributed by atoms with Crippen LogP contribution >= 0.6 is 11.6 Å². The van der Waals surface area contributed by atoms with Gasteiger partial charge in [0.25, 0.3) is 21.8 Å². The van der Waals surface area contributed by atoms with Crippen LogP contribution in [0.2, 0.25) is 5.02 Å². The van der Waals surface area contributed by atoms with Crippen molar-refractivity contribution in [1.82, 2.24) is 19.8 Å². The summed E-state index contributed by atoms with van der Waals surface area (Å²) in [5.41, 5.74) is 1.24. The first-order valence-electron chi connectivity index (χ1n) is 12.0. The zero-order chi connectivity index (χ0) is 27.6. The van der Waals surface area contributed by atoms with Gasteiger partial charge in [-0.05, 0) is 36.4 Å². The Hall–Kier alpha value is -4.22. The number of nitrogens with zero attached hydrogens (tertiary/aromatic N) is 4. The van der Waals surface area contributed by atoms with E-state index in [1.54, 1.807) is 46.2 Å². The van der Waals surface area contributed by atoms with Gasteiger partial charge in [-0.2, -0.15) is 0 Å². The van der Waals surface area contributed by atoms with Crippen LogP contribution in [0.3, 0.4) is 0 Å². The lowest BCUT2D eigenvalue weighted by Gasteiger charge is -2.35. The van der Waals surface area contributed by atoms with Crippen LogP contribution in [0.1, 0.15) is 20.7 Å². The van der Waals surface area contributed by atoms with Crippen molar-refractivity contribution >= 4 is 50.0 Å². The number of aromatic nitrogens is 2. The van der Waals surface area contributed by atoms with Crippen LogP contribution in [-0.2, 0) is 10.0 Å². The molecule has 0 bridgehead atoms. The molecule has 0 unspecified atom stereocenters. The van der Waals surface area contributed by atoms with E-state index in [1.807, 2.05) is 0 Å². The van der Waals surface area contributed by atoms with Gasteiger partial charge in [0, 0.05) is 55.7 Å². The first kappa shape index (κ1) is 26.4. The number of para-hydroxylation sites is 1. The number of carbonyl (C=O) groups excluding carboxylic acids is 2. The zero-order valence-corrected chi connectivity index (χ0v) is 22.4. The SMILES string of the molecule is COc1cc(C(=O)N2CCN(C(=O)c3ccncc3Cl)CC2)ccc1NS(=O)(=O)c1cccc2cccnc12. The molecular weight excluding hydrogens is 542 g/mol. The fraction of sp³-hybridized carbons (Fsp3) is 0.185. The van der Waals surface area contributed by atoms with Crippen molar-refractivity contribution in [3.8, 4) is 5.75 Å².